The summed E-state index contributed by atoms with van der Waals surface area (Å²) in [5, 5.41) is 0. The van der Waals surface area contributed by atoms with E-state index in [-0.39, 0.29) is 0 Å². The second kappa shape index (κ2) is 29.4. The summed E-state index contributed by atoms with van der Waals surface area (Å²) in [6.45, 7) is 17.7. The minimum absolute atomic E-state index is 0.923. The van der Waals surface area contributed by atoms with Crippen LogP contribution in [0.5, 0.6) is 0 Å². The Hall–Kier alpha value is -2.02. The Labute approximate surface area is 282 Å². The lowest BCUT2D eigenvalue weighted by atomic mass is 9.97. The van der Waals surface area contributed by atoms with Crippen LogP contribution < -0.4 is 4.90 Å². The van der Waals surface area contributed by atoms with Crippen molar-refractivity contribution in [2.75, 3.05) is 18.0 Å². The summed E-state index contributed by atoms with van der Waals surface area (Å²) in [6.07, 6.45) is 31.0. The van der Waals surface area contributed by atoms with E-state index in [0.717, 1.165) is 6.42 Å². The zero-order valence-electron chi connectivity index (χ0n) is 31.0. The molecule has 0 saturated heterocycles. The molecular weight excluding hydrogens is 542 g/mol. The Morgan fingerprint density at radius 3 is 1.29 bits per heavy atom. The van der Waals surface area contributed by atoms with Crippen LogP contribution in [0, 0.1) is 0 Å². The van der Waals surface area contributed by atoms with Crippen LogP contribution in [0.25, 0.3) is 5.57 Å². The minimum Gasteiger partial charge on any atom is -0.372 e. The van der Waals surface area contributed by atoms with Gasteiger partial charge in [0, 0.05) is 18.8 Å². The van der Waals surface area contributed by atoms with Crippen LogP contribution in [0.15, 0.2) is 55.1 Å². The summed E-state index contributed by atoms with van der Waals surface area (Å²) in [7, 11) is 0. The van der Waals surface area contributed by atoms with Crippen molar-refractivity contribution in [2.45, 2.75) is 182 Å². The van der Waals surface area contributed by atoms with Crippen molar-refractivity contribution in [1.82, 2.24) is 0 Å². The van der Waals surface area contributed by atoms with Crippen molar-refractivity contribution in [2.24, 2.45) is 0 Å². The third kappa shape index (κ3) is 20.7. The monoisotopic (exact) mass is 618 g/mol. The van der Waals surface area contributed by atoms with Crippen LogP contribution in [0.1, 0.15) is 186 Å². The summed E-state index contributed by atoms with van der Waals surface area (Å²) in [5.41, 5.74) is 6.74. The molecule has 1 heteroatoms. The second-order valence-electron chi connectivity index (χ2n) is 13.2. The second-order valence-corrected chi connectivity index (χ2v) is 13.2. The molecule has 2 rings (SSSR count). The number of benzene rings is 2. The predicted molar refractivity (Wildman–Crippen MR) is 207 cm³/mol. The molecule has 0 atom stereocenters. The first-order valence-corrected chi connectivity index (χ1v) is 19.8. The van der Waals surface area contributed by atoms with Gasteiger partial charge in [-0.2, -0.15) is 0 Å². The summed E-state index contributed by atoms with van der Waals surface area (Å²) in [5.74, 6) is 0. The number of aryl methyl sites for hydroxylation is 1. The van der Waals surface area contributed by atoms with Crippen LogP contribution in [0.4, 0.5) is 5.69 Å². The van der Waals surface area contributed by atoms with E-state index >= 15 is 0 Å². The first kappa shape index (κ1) is 41.0. The van der Waals surface area contributed by atoms with E-state index in [9.17, 15) is 0 Å². The average molecular weight is 618 g/mol. The largest absolute Gasteiger partial charge is 0.372 e. The van der Waals surface area contributed by atoms with Gasteiger partial charge in [0.25, 0.3) is 0 Å². The Kier molecular flexibility index (Phi) is 26.8. The Bertz CT molecular complexity index is 889. The Morgan fingerprint density at radius 2 is 0.844 bits per heavy atom. The van der Waals surface area contributed by atoms with Gasteiger partial charge in [0.15, 0.2) is 0 Å². The van der Waals surface area contributed by atoms with Crippen molar-refractivity contribution in [3.8, 4) is 0 Å². The number of hydrogen-bond donors (Lipinski definition) is 0. The zero-order valence-corrected chi connectivity index (χ0v) is 31.0. The van der Waals surface area contributed by atoms with E-state index in [1.807, 2.05) is 13.8 Å². The molecule has 45 heavy (non-hydrogen) atoms. The maximum atomic E-state index is 4.46. The first-order valence-electron chi connectivity index (χ1n) is 19.8. The number of rotatable bonds is 28. The number of anilines is 1. The molecule has 0 saturated carbocycles. The molecule has 0 radical (unpaired) electrons. The third-order valence-electron chi connectivity index (χ3n) is 9.21. The van der Waals surface area contributed by atoms with Gasteiger partial charge in [-0.25, -0.2) is 0 Å². The fourth-order valence-corrected chi connectivity index (χ4v) is 6.26. The topological polar surface area (TPSA) is 3.24 Å². The van der Waals surface area contributed by atoms with Gasteiger partial charge in [0.2, 0.25) is 0 Å². The van der Waals surface area contributed by atoms with Crippen molar-refractivity contribution in [1.29, 1.82) is 0 Å². The molecule has 2 aromatic rings. The molecule has 0 unspecified atom stereocenters. The van der Waals surface area contributed by atoms with Gasteiger partial charge in [0.1, 0.15) is 0 Å². The van der Waals surface area contributed by atoms with Crippen LogP contribution >= 0.6 is 0 Å². The van der Waals surface area contributed by atoms with E-state index in [0.29, 0.717) is 0 Å². The Balaban J connectivity index is 0.00000496. The van der Waals surface area contributed by atoms with E-state index in [1.165, 1.54) is 182 Å². The van der Waals surface area contributed by atoms with E-state index < -0.39 is 0 Å². The molecule has 0 amide bonds. The molecule has 0 fully saturated rings. The molecule has 0 bridgehead atoms. The number of nitrogens with zero attached hydrogens (tertiary/aromatic N) is 1. The molecule has 0 aromatic heterocycles. The van der Waals surface area contributed by atoms with Gasteiger partial charge in [-0.1, -0.05) is 193 Å². The van der Waals surface area contributed by atoms with Gasteiger partial charge in [-0.15, -0.1) is 0 Å². The number of hydrogen-bond acceptors (Lipinski definition) is 1. The lowest BCUT2D eigenvalue weighted by molar-refractivity contribution is 0.555. The standard InChI is InChI=1S/C42H69N.C2H6/c1-5-8-11-14-16-18-21-24-35-43(36-25-22-19-17-15-12-9-6-2)42-33-29-40(30-34-42)37-38(4)41-31-27-39(28-32-41)26-23-20-13-10-7-3;1-2/h27-34H,4-26,35-37H2,1-3H3;1-2H3. The quantitative estimate of drug-likeness (QED) is 0.0859. The summed E-state index contributed by atoms with van der Waals surface area (Å²) in [6, 6.07) is 18.6. The van der Waals surface area contributed by atoms with Crippen molar-refractivity contribution in [3.05, 3.63) is 71.8 Å². The van der Waals surface area contributed by atoms with Gasteiger partial charge in [0.05, 0.1) is 0 Å². The fraction of sp³-hybridized carbons (Fsp3) is 0.682. The summed E-state index contributed by atoms with van der Waals surface area (Å²) >= 11 is 0. The molecule has 256 valence electrons. The summed E-state index contributed by atoms with van der Waals surface area (Å²) in [4.78, 5) is 2.67. The van der Waals surface area contributed by atoms with Crippen LogP contribution in [0.2, 0.25) is 0 Å². The van der Waals surface area contributed by atoms with Gasteiger partial charge in [-0.05, 0) is 66.5 Å². The van der Waals surface area contributed by atoms with E-state index in [4.69, 9.17) is 0 Å². The normalized spacial score (nSPS) is 10.9. The molecule has 1 nitrogen and oxygen atoms in total. The molecule has 0 aliphatic heterocycles. The van der Waals surface area contributed by atoms with E-state index in [1.54, 1.807) is 0 Å². The molecular formula is C44H75N. The lowest BCUT2D eigenvalue weighted by Crippen LogP contribution is -2.25. The smallest absolute Gasteiger partial charge is 0.0366 e. The minimum atomic E-state index is 0.923. The fourth-order valence-electron chi connectivity index (χ4n) is 6.26. The average Bonchev–Trinajstić information content (AvgIpc) is 3.07. The third-order valence-corrected chi connectivity index (χ3v) is 9.21. The SMILES string of the molecule is C=C(Cc1ccc(N(CCCCCCCCCC)CCCCCCCCCC)cc1)c1ccc(CCCCCCC)cc1.CC. The number of unbranched alkanes of at least 4 members (excludes halogenated alkanes) is 18. The first-order chi connectivity index (χ1) is 22.2. The van der Waals surface area contributed by atoms with Crippen molar-refractivity contribution >= 4 is 11.3 Å². The molecule has 0 aliphatic rings. The van der Waals surface area contributed by atoms with Crippen LogP contribution in [-0.4, -0.2) is 13.1 Å². The van der Waals surface area contributed by atoms with Crippen molar-refractivity contribution in [3.63, 3.8) is 0 Å². The highest BCUT2D eigenvalue weighted by molar-refractivity contribution is 5.66. The molecule has 0 aliphatic carbocycles. The zero-order chi connectivity index (χ0) is 32.8. The van der Waals surface area contributed by atoms with E-state index in [2.05, 4.69) is 80.8 Å². The highest BCUT2D eigenvalue weighted by Crippen LogP contribution is 2.23. The lowest BCUT2D eigenvalue weighted by Gasteiger charge is -2.25. The molecule has 2 aromatic carbocycles. The van der Waals surface area contributed by atoms with Gasteiger partial charge in [-0.3, -0.25) is 0 Å². The number of allylic oxidation sites excluding steroid dienone is 1. The predicted octanol–water partition coefficient (Wildman–Crippen LogP) is 14.6. The van der Waals surface area contributed by atoms with Crippen LogP contribution in [0.3, 0.4) is 0 Å². The molecule has 0 N–H and O–H groups in total. The summed E-state index contributed by atoms with van der Waals surface area (Å²) < 4.78 is 0. The highest BCUT2D eigenvalue weighted by atomic mass is 15.1. The molecule has 0 spiro atoms. The Morgan fingerprint density at radius 1 is 0.467 bits per heavy atom. The molecule has 0 heterocycles. The van der Waals surface area contributed by atoms with Gasteiger partial charge < -0.3 is 4.90 Å². The van der Waals surface area contributed by atoms with Gasteiger partial charge >= 0.3 is 0 Å². The van der Waals surface area contributed by atoms with Crippen molar-refractivity contribution < 1.29 is 0 Å². The highest BCUT2D eigenvalue weighted by Gasteiger charge is 2.08. The maximum Gasteiger partial charge on any atom is 0.0366 e. The van der Waals surface area contributed by atoms with Crippen LogP contribution in [-0.2, 0) is 12.8 Å². The maximum absolute atomic E-state index is 4.46.